The standard InChI is InChI=1S/C24H22F5NO/c25-17-8-7-16-4-2-6-20(19(16)13-17)23(9-10-23)21(30)12-15-3-1-5-18(11-15)31-14-24(28,29)22(26)27/h1-8,11,13,21-22H,9-10,12,14,30H2. The molecule has 1 aliphatic carbocycles. The number of alkyl halides is 4. The first-order chi connectivity index (χ1) is 14.7. The average Bonchev–Trinajstić information content (AvgIpc) is 3.54. The fourth-order valence-corrected chi connectivity index (χ4v) is 4.11. The number of hydrogen-bond acceptors (Lipinski definition) is 2. The van der Waals surface area contributed by atoms with E-state index in [1.54, 1.807) is 24.3 Å². The fourth-order valence-electron chi connectivity index (χ4n) is 4.11. The maximum Gasteiger partial charge on any atom is 0.340 e. The molecule has 4 rings (SSSR count). The third-order valence-corrected chi connectivity index (χ3v) is 5.98. The van der Waals surface area contributed by atoms with E-state index in [9.17, 15) is 22.0 Å². The SMILES string of the molecule is NC(Cc1cccc(OCC(F)(F)C(F)F)c1)C1(c2cccc3ccc(F)cc23)CC1. The van der Waals surface area contributed by atoms with Crippen LogP contribution in [0.5, 0.6) is 5.75 Å². The molecule has 2 N–H and O–H groups in total. The molecule has 0 aliphatic heterocycles. The van der Waals surface area contributed by atoms with E-state index in [0.29, 0.717) is 6.42 Å². The summed E-state index contributed by atoms with van der Waals surface area (Å²) in [5.74, 6) is -4.44. The van der Waals surface area contributed by atoms with E-state index in [1.807, 2.05) is 18.2 Å². The zero-order chi connectivity index (χ0) is 22.2. The second kappa shape index (κ2) is 8.11. The van der Waals surface area contributed by atoms with Gasteiger partial charge in [-0.2, -0.15) is 8.78 Å². The second-order valence-corrected chi connectivity index (χ2v) is 8.14. The largest absolute Gasteiger partial charge is 0.487 e. The maximum atomic E-state index is 13.9. The van der Waals surface area contributed by atoms with Crippen LogP contribution in [0.2, 0.25) is 0 Å². The molecule has 31 heavy (non-hydrogen) atoms. The van der Waals surface area contributed by atoms with Crippen LogP contribution in [0.4, 0.5) is 22.0 Å². The van der Waals surface area contributed by atoms with E-state index in [1.165, 1.54) is 18.2 Å². The van der Waals surface area contributed by atoms with Gasteiger partial charge in [0.05, 0.1) is 0 Å². The molecule has 1 saturated carbocycles. The predicted molar refractivity (Wildman–Crippen MR) is 109 cm³/mol. The Balaban J connectivity index is 1.53. The number of fused-ring (bicyclic) bond motifs is 1. The van der Waals surface area contributed by atoms with Crippen molar-refractivity contribution in [1.82, 2.24) is 0 Å². The van der Waals surface area contributed by atoms with Crippen molar-refractivity contribution in [2.24, 2.45) is 5.73 Å². The smallest absolute Gasteiger partial charge is 0.340 e. The molecule has 3 aromatic rings. The highest BCUT2D eigenvalue weighted by Gasteiger charge is 2.49. The van der Waals surface area contributed by atoms with E-state index in [4.69, 9.17) is 10.5 Å². The van der Waals surface area contributed by atoms with Crippen molar-refractivity contribution < 1.29 is 26.7 Å². The van der Waals surface area contributed by atoms with E-state index >= 15 is 0 Å². The minimum Gasteiger partial charge on any atom is -0.487 e. The minimum atomic E-state index is -4.21. The Hall–Kier alpha value is -2.67. The highest BCUT2D eigenvalue weighted by molar-refractivity contribution is 5.87. The quantitative estimate of drug-likeness (QED) is 0.450. The first kappa shape index (κ1) is 21.6. The van der Waals surface area contributed by atoms with Crippen molar-refractivity contribution in [3.8, 4) is 5.75 Å². The Labute approximate surface area is 176 Å². The van der Waals surface area contributed by atoms with Crippen LogP contribution >= 0.6 is 0 Å². The molecule has 1 unspecified atom stereocenters. The molecule has 7 heteroatoms. The second-order valence-electron chi connectivity index (χ2n) is 8.14. The van der Waals surface area contributed by atoms with Crippen molar-refractivity contribution in [3.63, 3.8) is 0 Å². The highest BCUT2D eigenvalue weighted by atomic mass is 19.3. The summed E-state index contributed by atoms with van der Waals surface area (Å²) in [4.78, 5) is 0. The summed E-state index contributed by atoms with van der Waals surface area (Å²) < 4.78 is 69.7. The average molecular weight is 435 g/mol. The summed E-state index contributed by atoms with van der Waals surface area (Å²) in [6.45, 7) is -1.40. The van der Waals surface area contributed by atoms with Gasteiger partial charge in [0.1, 0.15) is 11.6 Å². The molecule has 1 atom stereocenters. The van der Waals surface area contributed by atoms with Crippen molar-refractivity contribution in [2.45, 2.75) is 43.1 Å². The van der Waals surface area contributed by atoms with Crippen LogP contribution in [-0.2, 0) is 11.8 Å². The summed E-state index contributed by atoms with van der Waals surface area (Å²) in [5, 5.41) is 1.77. The van der Waals surface area contributed by atoms with Crippen LogP contribution in [0.3, 0.4) is 0 Å². The van der Waals surface area contributed by atoms with E-state index in [-0.39, 0.29) is 23.0 Å². The number of nitrogens with two attached hydrogens (primary N) is 1. The van der Waals surface area contributed by atoms with Crippen LogP contribution in [-0.4, -0.2) is 25.0 Å². The summed E-state index contributed by atoms with van der Waals surface area (Å²) >= 11 is 0. The first-order valence-electron chi connectivity index (χ1n) is 10.0. The van der Waals surface area contributed by atoms with Crippen molar-refractivity contribution in [3.05, 3.63) is 77.6 Å². The van der Waals surface area contributed by atoms with Gasteiger partial charge in [0.15, 0.2) is 6.61 Å². The molecule has 1 fully saturated rings. The molecule has 0 radical (unpaired) electrons. The van der Waals surface area contributed by atoms with Crippen LogP contribution < -0.4 is 10.5 Å². The Morgan fingerprint density at radius 2 is 1.74 bits per heavy atom. The predicted octanol–water partition coefficient (Wildman–Crippen LogP) is 5.86. The zero-order valence-corrected chi connectivity index (χ0v) is 16.6. The van der Waals surface area contributed by atoms with Crippen molar-refractivity contribution in [1.29, 1.82) is 0 Å². The monoisotopic (exact) mass is 435 g/mol. The third kappa shape index (κ3) is 4.37. The molecule has 164 valence electrons. The normalized spacial score (nSPS) is 16.5. The van der Waals surface area contributed by atoms with Gasteiger partial charge in [-0.3, -0.25) is 0 Å². The molecule has 0 spiro atoms. The van der Waals surface area contributed by atoms with E-state index in [2.05, 4.69) is 0 Å². The fraction of sp³-hybridized carbons (Fsp3) is 0.333. The Morgan fingerprint density at radius 3 is 2.45 bits per heavy atom. The number of ether oxygens (including phenoxy) is 1. The zero-order valence-electron chi connectivity index (χ0n) is 16.6. The van der Waals surface area contributed by atoms with E-state index < -0.39 is 19.0 Å². The van der Waals surface area contributed by atoms with Crippen LogP contribution in [0.25, 0.3) is 10.8 Å². The lowest BCUT2D eigenvalue weighted by molar-refractivity contribution is -0.148. The molecule has 1 aliphatic rings. The summed E-state index contributed by atoms with van der Waals surface area (Å²) in [7, 11) is 0. The van der Waals surface area contributed by atoms with Gasteiger partial charge in [0.25, 0.3) is 0 Å². The number of halogens is 5. The van der Waals surface area contributed by atoms with Crippen molar-refractivity contribution >= 4 is 10.8 Å². The van der Waals surface area contributed by atoms with Gasteiger partial charge in [-0.1, -0.05) is 36.4 Å². The topological polar surface area (TPSA) is 35.2 Å². The summed E-state index contributed by atoms with van der Waals surface area (Å²) in [6.07, 6.45) is -1.63. The molecule has 0 bridgehead atoms. The maximum absolute atomic E-state index is 13.9. The van der Waals surface area contributed by atoms with Crippen molar-refractivity contribution in [2.75, 3.05) is 6.61 Å². The van der Waals surface area contributed by atoms with Gasteiger partial charge in [-0.15, -0.1) is 0 Å². The molecular formula is C24H22F5NO. The summed E-state index contributed by atoms with van der Waals surface area (Å²) in [6, 6.07) is 16.6. The molecule has 0 heterocycles. The molecule has 3 aromatic carbocycles. The molecule has 0 aromatic heterocycles. The number of benzene rings is 3. The van der Waals surface area contributed by atoms with Gasteiger partial charge in [0, 0.05) is 11.5 Å². The van der Waals surface area contributed by atoms with Crippen LogP contribution in [0.15, 0.2) is 60.7 Å². The van der Waals surface area contributed by atoms with E-state index in [0.717, 1.165) is 34.7 Å². The van der Waals surface area contributed by atoms with Gasteiger partial charge in [0.2, 0.25) is 0 Å². The Morgan fingerprint density at radius 1 is 1.00 bits per heavy atom. The lowest BCUT2D eigenvalue weighted by Gasteiger charge is -2.26. The lowest BCUT2D eigenvalue weighted by atomic mass is 9.82. The lowest BCUT2D eigenvalue weighted by Crippen LogP contribution is -2.37. The Kier molecular flexibility index (Phi) is 5.64. The van der Waals surface area contributed by atoms with Crippen LogP contribution in [0.1, 0.15) is 24.0 Å². The molecule has 0 amide bonds. The minimum absolute atomic E-state index is 0.0853. The van der Waals surface area contributed by atoms with Gasteiger partial charge in [-0.05, 0) is 65.4 Å². The third-order valence-electron chi connectivity index (χ3n) is 5.98. The molecule has 0 saturated heterocycles. The summed E-state index contributed by atoms with van der Waals surface area (Å²) in [5.41, 5.74) is 8.04. The van der Waals surface area contributed by atoms with Crippen LogP contribution in [0, 0.1) is 5.82 Å². The number of hydrogen-bond donors (Lipinski definition) is 1. The molecular weight excluding hydrogens is 413 g/mol. The molecule has 2 nitrogen and oxygen atoms in total. The highest BCUT2D eigenvalue weighted by Crippen LogP contribution is 2.53. The first-order valence-corrected chi connectivity index (χ1v) is 10.0. The van der Waals surface area contributed by atoms with Gasteiger partial charge < -0.3 is 10.5 Å². The van der Waals surface area contributed by atoms with Gasteiger partial charge in [-0.25, -0.2) is 13.2 Å². The Bertz CT molecular complexity index is 1080. The number of rotatable bonds is 8. The van der Waals surface area contributed by atoms with Gasteiger partial charge >= 0.3 is 12.3 Å².